The van der Waals surface area contributed by atoms with Crippen molar-refractivity contribution >= 4 is 44.1 Å². The number of aromatic nitrogens is 3. The number of hydrogen-bond donors (Lipinski definition) is 1. The topological polar surface area (TPSA) is 102 Å². The van der Waals surface area contributed by atoms with E-state index in [0.29, 0.717) is 23.1 Å². The zero-order valence-electron chi connectivity index (χ0n) is 17.4. The van der Waals surface area contributed by atoms with Gasteiger partial charge < -0.3 is 0 Å². The Morgan fingerprint density at radius 1 is 1.09 bits per heavy atom. The molecule has 1 N–H and O–H groups in total. The molecule has 2 aromatic carbocycles. The fourth-order valence-electron chi connectivity index (χ4n) is 3.29. The van der Waals surface area contributed by atoms with Crippen molar-refractivity contribution in [2.24, 2.45) is 0 Å². The van der Waals surface area contributed by atoms with E-state index in [4.69, 9.17) is 11.6 Å². The molecule has 0 aliphatic rings. The van der Waals surface area contributed by atoms with Gasteiger partial charge in [-0.05, 0) is 48.9 Å². The summed E-state index contributed by atoms with van der Waals surface area (Å²) in [7, 11) is -3.68. The molecule has 168 valence electrons. The van der Waals surface area contributed by atoms with E-state index < -0.39 is 27.2 Å². The van der Waals surface area contributed by atoms with Gasteiger partial charge >= 0.3 is 0 Å². The Bertz CT molecular complexity index is 1460. The van der Waals surface area contributed by atoms with Gasteiger partial charge in [-0.3, -0.25) is 19.5 Å². The van der Waals surface area contributed by atoms with E-state index in [0.717, 1.165) is 11.6 Å². The maximum absolute atomic E-state index is 14.6. The molecule has 0 saturated heterocycles. The molecule has 2 heterocycles. The number of sulfonamides is 1. The molecule has 10 heteroatoms. The molecule has 0 amide bonds. The summed E-state index contributed by atoms with van der Waals surface area (Å²) in [5.41, 5.74) is 2.03. The van der Waals surface area contributed by atoms with Crippen LogP contribution in [-0.2, 0) is 10.0 Å². The van der Waals surface area contributed by atoms with Gasteiger partial charge in [0, 0.05) is 23.5 Å². The Labute approximate surface area is 194 Å². The number of rotatable bonds is 7. The van der Waals surface area contributed by atoms with E-state index in [2.05, 4.69) is 19.7 Å². The molecule has 0 bridgehead atoms. The fourth-order valence-corrected chi connectivity index (χ4v) is 4.77. The van der Waals surface area contributed by atoms with Gasteiger partial charge in [0.1, 0.15) is 5.82 Å². The molecule has 4 aromatic rings. The SMILES string of the molecule is CCCS(=O)(=O)Nc1ccc(F)c(C(=O)c2ccc3ncc(-c4ccncc4)nc3c2)c1Cl. The number of carbonyl (C=O) groups excluding carboxylic acids is 1. The maximum Gasteiger partial charge on any atom is 0.232 e. The molecule has 2 aromatic heterocycles. The van der Waals surface area contributed by atoms with Crippen LogP contribution in [0.15, 0.2) is 61.1 Å². The van der Waals surface area contributed by atoms with Crippen LogP contribution in [0.4, 0.5) is 10.1 Å². The molecule has 0 fully saturated rings. The van der Waals surface area contributed by atoms with Crippen LogP contribution < -0.4 is 4.72 Å². The van der Waals surface area contributed by atoms with Crippen LogP contribution in [0.2, 0.25) is 5.02 Å². The molecule has 0 aliphatic carbocycles. The lowest BCUT2D eigenvalue weighted by Crippen LogP contribution is -2.17. The predicted molar refractivity (Wildman–Crippen MR) is 125 cm³/mol. The van der Waals surface area contributed by atoms with Crippen LogP contribution in [0.3, 0.4) is 0 Å². The Morgan fingerprint density at radius 2 is 1.85 bits per heavy atom. The molecule has 0 atom stereocenters. The second-order valence-corrected chi connectivity index (χ2v) is 9.45. The van der Waals surface area contributed by atoms with Crippen LogP contribution in [0, 0.1) is 5.82 Å². The summed E-state index contributed by atoms with van der Waals surface area (Å²) in [4.78, 5) is 26.1. The summed E-state index contributed by atoms with van der Waals surface area (Å²) < 4.78 is 41.2. The number of benzene rings is 2. The first-order chi connectivity index (χ1) is 15.8. The average Bonchev–Trinajstić information content (AvgIpc) is 2.80. The monoisotopic (exact) mass is 484 g/mol. The van der Waals surface area contributed by atoms with Crippen molar-refractivity contribution in [2.45, 2.75) is 13.3 Å². The number of fused-ring (bicyclic) bond motifs is 1. The molecule has 33 heavy (non-hydrogen) atoms. The summed E-state index contributed by atoms with van der Waals surface area (Å²) in [6.07, 6.45) is 5.27. The second-order valence-electron chi connectivity index (χ2n) is 7.23. The number of ketones is 1. The smallest absolute Gasteiger partial charge is 0.232 e. The summed E-state index contributed by atoms with van der Waals surface area (Å²) in [5, 5.41) is -0.309. The lowest BCUT2D eigenvalue weighted by Gasteiger charge is -2.13. The summed E-state index contributed by atoms with van der Waals surface area (Å²) >= 11 is 6.27. The first-order valence-corrected chi connectivity index (χ1v) is 12.0. The summed E-state index contributed by atoms with van der Waals surface area (Å²) in [6.45, 7) is 1.71. The molecule has 4 rings (SSSR count). The van der Waals surface area contributed by atoms with Gasteiger partial charge in [-0.1, -0.05) is 18.5 Å². The summed E-state index contributed by atoms with van der Waals surface area (Å²) in [6, 6.07) is 10.4. The van der Waals surface area contributed by atoms with Gasteiger partial charge in [0.25, 0.3) is 0 Å². The Hall–Kier alpha value is -3.43. The van der Waals surface area contributed by atoms with Crippen molar-refractivity contribution in [3.05, 3.63) is 83.0 Å². The lowest BCUT2D eigenvalue weighted by atomic mass is 10.0. The van der Waals surface area contributed by atoms with Crippen LogP contribution >= 0.6 is 11.6 Å². The van der Waals surface area contributed by atoms with Crippen molar-refractivity contribution in [1.82, 2.24) is 15.0 Å². The molecular formula is C23H18ClFN4O3S. The van der Waals surface area contributed by atoms with Crippen molar-refractivity contribution < 1.29 is 17.6 Å². The van der Waals surface area contributed by atoms with Gasteiger partial charge in [-0.2, -0.15) is 0 Å². The van der Waals surface area contributed by atoms with Gasteiger partial charge in [0.05, 0.1) is 45.0 Å². The third-order valence-electron chi connectivity index (χ3n) is 4.84. The van der Waals surface area contributed by atoms with E-state index in [1.807, 2.05) is 0 Å². The highest BCUT2D eigenvalue weighted by atomic mass is 35.5. The third-order valence-corrected chi connectivity index (χ3v) is 6.71. The van der Waals surface area contributed by atoms with E-state index in [9.17, 15) is 17.6 Å². The van der Waals surface area contributed by atoms with Crippen molar-refractivity contribution in [3.8, 4) is 11.3 Å². The van der Waals surface area contributed by atoms with Crippen molar-refractivity contribution in [1.29, 1.82) is 0 Å². The molecule has 7 nitrogen and oxygen atoms in total. The fraction of sp³-hybridized carbons (Fsp3) is 0.130. The Kier molecular flexibility index (Phi) is 6.35. The zero-order valence-corrected chi connectivity index (χ0v) is 19.0. The number of halogens is 2. The minimum atomic E-state index is -3.68. The highest BCUT2D eigenvalue weighted by Crippen LogP contribution is 2.31. The number of nitrogens with zero attached hydrogens (tertiary/aromatic N) is 3. The van der Waals surface area contributed by atoms with Crippen LogP contribution in [0.25, 0.3) is 22.3 Å². The Morgan fingerprint density at radius 3 is 2.58 bits per heavy atom. The third kappa shape index (κ3) is 4.84. The van der Waals surface area contributed by atoms with Gasteiger partial charge in [0.2, 0.25) is 10.0 Å². The molecule has 0 spiro atoms. The maximum atomic E-state index is 14.6. The van der Waals surface area contributed by atoms with Gasteiger partial charge in [0.15, 0.2) is 5.78 Å². The number of carbonyl (C=O) groups is 1. The minimum absolute atomic E-state index is 0.0598. The normalized spacial score (nSPS) is 11.5. The Balaban J connectivity index is 1.74. The lowest BCUT2D eigenvalue weighted by molar-refractivity contribution is 0.103. The average molecular weight is 485 g/mol. The van der Waals surface area contributed by atoms with E-state index >= 15 is 0 Å². The molecule has 0 aliphatic heterocycles. The predicted octanol–water partition coefficient (Wildman–Crippen LogP) is 4.87. The molecule has 0 radical (unpaired) electrons. The van der Waals surface area contributed by atoms with Crippen LogP contribution in [-0.4, -0.2) is 34.9 Å². The highest BCUT2D eigenvalue weighted by Gasteiger charge is 2.23. The first-order valence-electron chi connectivity index (χ1n) is 9.99. The van der Waals surface area contributed by atoms with Gasteiger partial charge in [-0.25, -0.2) is 17.8 Å². The number of anilines is 1. The largest absolute Gasteiger partial charge is 0.288 e. The van der Waals surface area contributed by atoms with E-state index in [-0.39, 0.29) is 22.0 Å². The van der Waals surface area contributed by atoms with Gasteiger partial charge in [-0.15, -0.1) is 0 Å². The highest BCUT2D eigenvalue weighted by molar-refractivity contribution is 7.92. The number of pyridine rings is 1. The number of nitrogens with one attached hydrogen (secondary N) is 1. The van der Waals surface area contributed by atoms with Crippen LogP contribution in [0.1, 0.15) is 29.3 Å². The quantitative estimate of drug-likeness (QED) is 0.375. The first kappa shape index (κ1) is 22.8. The molecule has 0 saturated carbocycles. The number of hydrogen-bond acceptors (Lipinski definition) is 6. The second kappa shape index (κ2) is 9.21. The summed E-state index contributed by atoms with van der Waals surface area (Å²) in [5.74, 6) is -1.69. The van der Waals surface area contributed by atoms with Crippen molar-refractivity contribution in [3.63, 3.8) is 0 Å². The van der Waals surface area contributed by atoms with Crippen LogP contribution in [0.5, 0.6) is 0 Å². The standard InChI is InChI=1S/C23H18ClFN4O3S/c1-2-11-33(31,32)29-18-6-4-16(25)21(22(18)24)23(30)15-3-5-17-19(12-15)28-20(13-27-17)14-7-9-26-10-8-14/h3-10,12-13,29H,2,11H2,1H3. The van der Waals surface area contributed by atoms with Crippen molar-refractivity contribution in [2.75, 3.05) is 10.5 Å². The van der Waals surface area contributed by atoms with E-state index in [1.54, 1.807) is 43.7 Å². The minimum Gasteiger partial charge on any atom is -0.288 e. The molecule has 0 unspecified atom stereocenters. The molecular weight excluding hydrogens is 467 g/mol. The zero-order chi connectivity index (χ0) is 23.6. The van der Waals surface area contributed by atoms with E-state index in [1.165, 1.54) is 18.2 Å².